The number of halogens is 3. The molecule has 8 atom stereocenters. The number of aliphatic hydroxyl groups is 1. The molecule has 52 heavy (non-hydrogen) atoms. The van der Waals surface area contributed by atoms with E-state index in [0.717, 1.165) is 23.9 Å². The average Bonchev–Trinajstić information content (AvgIpc) is 3.82. The number of thioether (sulfide) groups is 1. The molecule has 2 aliphatic rings. The predicted molar refractivity (Wildman–Crippen MR) is 171 cm³/mol. The molecule has 0 amide bonds. The smallest absolute Gasteiger partial charge is 0.303 e. The number of rotatable bonds is 11. The van der Waals surface area contributed by atoms with E-state index in [-0.39, 0.29) is 31.1 Å². The van der Waals surface area contributed by atoms with Crippen molar-refractivity contribution in [3.05, 3.63) is 54.4 Å². The molecule has 21 heteroatoms. The predicted octanol–water partition coefficient (Wildman–Crippen LogP) is 1.93. The van der Waals surface area contributed by atoms with Crippen molar-refractivity contribution >= 4 is 23.7 Å². The second kappa shape index (κ2) is 15.9. The number of carbonyl (C=O) groups excluding carboxylic acids is 2. The van der Waals surface area contributed by atoms with Crippen molar-refractivity contribution in [3.8, 4) is 28.5 Å². The number of hydrogen-bond donors (Lipinski definition) is 1. The minimum atomic E-state index is -1.64. The number of aliphatic hydroxyl groups excluding tert-OH is 1. The Labute approximate surface area is 297 Å². The van der Waals surface area contributed by atoms with Gasteiger partial charge in [-0.05, 0) is 12.1 Å². The molecule has 0 bridgehead atoms. The fourth-order valence-corrected chi connectivity index (χ4v) is 7.35. The molecular weight excluding hydrogens is 717 g/mol. The summed E-state index contributed by atoms with van der Waals surface area (Å²) in [5.41, 5.74) is -0.742. The maximum Gasteiger partial charge on any atom is 0.303 e. The standard InChI is InChI=1S/C31H33F3N8O9S/c1-14(43)49-12-23-28(50-15(2)44)26(42-9-20(37-40-42)16-5-18(32)25(34)19(33)6-16)29(47-4)31(51-23)52-24-13-48-11-22(27(24)45)41-10-21(38-39-41)30-35-7-17(46-3)8-36-30/h5-10,22-24,26-29,31,45H,11-13H2,1-4H3/t22-,23+,24+,26-,27+,28-,29+,31-/m0/s1. The lowest BCUT2D eigenvalue weighted by Gasteiger charge is -2.46. The molecule has 1 N–H and O–H groups in total. The third kappa shape index (κ3) is 7.87. The van der Waals surface area contributed by atoms with Gasteiger partial charge in [-0.2, -0.15) is 0 Å². The zero-order valence-corrected chi connectivity index (χ0v) is 28.9. The van der Waals surface area contributed by atoms with Crippen molar-refractivity contribution in [1.29, 1.82) is 0 Å². The third-order valence-electron chi connectivity index (χ3n) is 8.34. The lowest BCUT2D eigenvalue weighted by Crippen LogP contribution is -2.58. The van der Waals surface area contributed by atoms with Gasteiger partial charge in [-0.1, -0.05) is 10.4 Å². The summed E-state index contributed by atoms with van der Waals surface area (Å²) in [6.07, 6.45) is 1.54. The van der Waals surface area contributed by atoms with Gasteiger partial charge in [0, 0.05) is 26.5 Å². The highest BCUT2D eigenvalue weighted by Gasteiger charge is 2.52. The van der Waals surface area contributed by atoms with Gasteiger partial charge in [0.05, 0.1) is 56.5 Å². The summed E-state index contributed by atoms with van der Waals surface area (Å²) in [4.78, 5) is 32.7. The van der Waals surface area contributed by atoms with E-state index in [9.17, 15) is 27.9 Å². The SMILES string of the molecule is COc1cnc(-c2cn([C@H]3COC[C@@H](S[C@@H]4O[C@H](COC(C)=O)[C@H](OC(C)=O)[C@H](n5cc(-c6cc(F)c(F)c(F)c6)nn5)[C@H]4OC)[C@@H]3O)nn2)nc1. The molecule has 1 aromatic carbocycles. The Kier molecular flexibility index (Phi) is 11.3. The van der Waals surface area contributed by atoms with Crippen molar-refractivity contribution in [2.45, 2.75) is 61.0 Å². The van der Waals surface area contributed by atoms with E-state index in [0.29, 0.717) is 17.3 Å². The molecule has 0 aliphatic carbocycles. The van der Waals surface area contributed by atoms with Crippen LogP contribution in [0, 0.1) is 17.5 Å². The molecule has 6 rings (SSSR count). The van der Waals surface area contributed by atoms with Gasteiger partial charge in [0.1, 0.15) is 47.7 Å². The van der Waals surface area contributed by atoms with Crippen LogP contribution in [0.2, 0.25) is 0 Å². The topological polar surface area (TPSA) is 197 Å². The Morgan fingerprint density at radius 1 is 0.962 bits per heavy atom. The molecule has 0 radical (unpaired) electrons. The Bertz CT molecular complexity index is 1860. The number of carbonyl (C=O) groups is 2. The van der Waals surface area contributed by atoms with Crippen LogP contribution in [0.5, 0.6) is 5.75 Å². The fraction of sp³-hybridized carbons (Fsp3) is 0.484. The fourth-order valence-electron chi connectivity index (χ4n) is 5.86. The molecule has 4 aromatic rings. The summed E-state index contributed by atoms with van der Waals surface area (Å²) in [5.74, 6) is -5.08. The van der Waals surface area contributed by atoms with Crippen LogP contribution < -0.4 is 4.74 Å². The first-order valence-corrected chi connectivity index (χ1v) is 16.7. The van der Waals surface area contributed by atoms with Crippen molar-refractivity contribution in [2.24, 2.45) is 0 Å². The highest BCUT2D eigenvalue weighted by Crippen LogP contribution is 2.42. The zero-order chi connectivity index (χ0) is 37.1. The van der Waals surface area contributed by atoms with Gasteiger partial charge in [-0.3, -0.25) is 9.59 Å². The van der Waals surface area contributed by atoms with Gasteiger partial charge in [-0.25, -0.2) is 32.5 Å². The molecule has 0 saturated carbocycles. The van der Waals surface area contributed by atoms with Crippen LogP contribution >= 0.6 is 11.8 Å². The molecule has 0 unspecified atom stereocenters. The van der Waals surface area contributed by atoms with Crippen LogP contribution in [0.1, 0.15) is 25.9 Å². The summed E-state index contributed by atoms with van der Waals surface area (Å²) in [7, 11) is 2.87. The third-order valence-corrected chi connectivity index (χ3v) is 9.75. The van der Waals surface area contributed by atoms with Crippen molar-refractivity contribution in [1.82, 2.24) is 40.0 Å². The first kappa shape index (κ1) is 37.1. The minimum absolute atomic E-state index is 0.0346. The number of ether oxygens (including phenoxy) is 6. The first-order chi connectivity index (χ1) is 25.0. The van der Waals surface area contributed by atoms with Gasteiger partial charge < -0.3 is 33.5 Å². The number of methoxy groups -OCH3 is 2. The van der Waals surface area contributed by atoms with E-state index >= 15 is 0 Å². The Morgan fingerprint density at radius 2 is 1.63 bits per heavy atom. The van der Waals surface area contributed by atoms with Crippen molar-refractivity contribution < 1.29 is 56.3 Å². The molecule has 2 fully saturated rings. The number of aromatic nitrogens is 8. The van der Waals surface area contributed by atoms with E-state index in [4.69, 9.17) is 28.4 Å². The van der Waals surface area contributed by atoms with Crippen LogP contribution in [-0.2, 0) is 33.3 Å². The van der Waals surface area contributed by atoms with Crippen LogP contribution in [0.4, 0.5) is 13.2 Å². The van der Waals surface area contributed by atoms with Crippen LogP contribution in [-0.4, -0.2) is 126 Å². The van der Waals surface area contributed by atoms with E-state index in [1.54, 1.807) is 6.20 Å². The number of benzene rings is 1. The van der Waals surface area contributed by atoms with E-state index < -0.39 is 76.6 Å². The van der Waals surface area contributed by atoms with Gasteiger partial charge >= 0.3 is 11.9 Å². The lowest BCUT2D eigenvalue weighted by atomic mass is 9.96. The number of nitrogens with zero attached hydrogens (tertiary/aromatic N) is 8. The number of hydrogen-bond acceptors (Lipinski definition) is 16. The second-order valence-corrected chi connectivity index (χ2v) is 13.1. The summed E-state index contributed by atoms with van der Waals surface area (Å²) in [6, 6.07) is -0.193. The summed E-state index contributed by atoms with van der Waals surface area (Å²) < 4.78 is 78.8. The molecule has 2 aliphatic heterocycles. The summed E-state index contributed by atoms with van der Waals surface area (Å²) in [6.45, 7) is 2.20. The van der Waals surface area contributed by atoms with Gasteiger partial charge in [0.25, 0.3) is 0 Å². The van der Waals surface area contributed by atoms with Crippen molar-refractivity contribution in [2.75, 3.05) is 34.0 Å². The number of esters is 2. The second-order valence-electron chi connectivity index (χ2n) is 11.7. The Balaban J connectivity index is 1.29. The molecule has 3 aromatic heterocycles. The maximum absolute atomic E-state index is 14.1. The molecule has 17 nitrogen and oxygen atoms in total. The highest BCUT2D eigenvalue weighted by atomic mass is 32.2. The molecular formula is C31H33F3N8O9S. The van der Waals surface area contributed by atoms with Gasteiger partial charge in [-0.15, -0.1) is 22.0 Å². The van der Waals surface area contributed by atoms with E-state index in [2.05, 4.69) is 30.6 Å². The molecule has 0 spiro atoms. The zero-order valence-electron chi connectivity index (χ0n) is 28.0. The minimum Gasteiger partial charge on any atom is -0.494 e. The Hall–Kier alpha value is -4.70. The molecule has 5 heterocycles. The quantitative estimate of drug-likeness (QED) is 0.172. The highest BCUT2D eigenvalue weighted by molar-refractivity contribution is 8.00. The lowest BCUT2D eigenvalue weighted by molar-refractivity contribution is -0.208. The largest absolute Gasteiger partial charge is 0.494 e. The van der Waals surface area contributed by atoms with Crippen LogP contribution in [0.25, 0.3) is 22.8 Å². The van der Waals surface area contributed by atoms with Gasteiger partial charge in [0.2, 0.25) is 0 Å². The van der Waals surface area contributed by atoms with E-state index in [1.165, 1.54) is 56.0 Å². The summed E-state index contributed by atoms with van der Waals surface area (Å²) >= 11 is 1.15. The molecule has 2 saturated heterocycles. The van der Waals surface area contributed by atoms with E-state index in [1.807, 2.05) is 0 Å². The van der Waals surface area contributed by atoms with Crippen molar-refractivity contribution in [3.63, 3.8) is 0 Å². The van der Waals surface area contributed by atoms with Crippen LogP contribution in [0.3, 0.4) is 0 Å². The van der Waals surface area contributed by atoms with Crippen LogP contribution in [0.15, 0.2) is 36.9 Å². The summed E-state index contributed by atoms with van der Waals surface area (Å²) in [5, 5.41) is 27.5. The monoisotopic (exact) mass is 750 g/mol. The first-order valence-electron chi connectivity index (χ1n) is 15.7. The maximum atomic E-state index is 14.1. The van der Waals surface area contributed by atoms with Gasteiger partial charge in [0.15, 0.2) is 35.1 Å². The molecule has 278 valence electrons. The normalized spacial score (nSPS) is 26.2. The average molecular weight is 751 g/mol. The Morgan fingerprint density at radius 3 is 2.29 bits per heavy atom.